The summed E-state index contributed by atoms with van der Waals surface area (Å²) in [5, 5.41) is 11.4. The number of carboxylic acids is 1. The number of hydrogen-bond donors (Lipinski definition) is 2. The molecule has 0 aliphatic rings. The number of amides is 2. The number of carbonyl (C=O) groups is 5. The fraction of sp³-hybridized carbons (Fsp3) is 0.577. The number of benzene rings is 1. The summed E-state index contributed by atoms with van der Waals surface area (Å²) in [5.74, 6) is -2.89. The molecule has 0 fully saturated rings. The molecule has 1 rings (SSSR count). The van der Waals surface area contributed by atoms with Gasteiger partial charge >= 0.3 is 24.0 Å². The molecule has 0 bridgehead atoms. The van der Waals surface area contributed by atoms with Gasteiger partial charge < -0.3 is 29.5 Å². The summed E-state index contributed by atoms with van der Waals surface area (Å²) in [7, 11) is 0. The number of aliphatic carboxylic acids is 1. The van der Waals surface area contributed by atoms with Crippen molar-refractivity contribution in [2.45, 2.75) is 65.6 Å². The Hall–Kier alpha value is -3.63. The molecule has 0 spiro atoms. The van der Waals surface area contributed by atoms with E-state index < -0.39 is 29.6 Å². The lowest BCUT2D eigenvalue weighted by Gasteiger charge is -2.23. The maximum absolute atomic E-state index is 12.6. The van der Waals surface area contributed by atoms with Gasteiger partial charge in [0, 0.05) is 19.5 Å². The van der Waals surface area contributed by atoms with Crippen LogP contribution in [0.1, 0.15) is 58.9 Å². The predicted octanol–water partition coefficient (Wildman–Crippen LogP) is 2.91. The molecule has 2 N–H and O–H groups in total. The zero-order valence-corrected chi connectivity index (χ0v) is 22.0. The van der Waals surface area contributed by atoms with Crippen LogP contribution in [0.15, 0.2) is 30.3 Å². The number of carboxylic acid groups (broad SMARTS) is 1. The smallest absolute Gasteiger partial charge is 0.410 e. The van der Waals surface area contributed by atoms with Gasteiger partial charge in [-0.1, -0.05) is 37.3 Å². The van der Waals surface area contributed by atoms with Crippen LogP contribution < -0.4 is 5.32 Å². The van der Waals surface area contributed by atoms with Gasteiger partial charge in [-0.15, -0.1) is 0 Å². The number of esters is 2. The van der Waals surface area contributed by atoms with Crippen molar-refractivity contribution in [3.63, 3.8) is 0 Å². The molecule has 0 saturated carbocycles. The van der Waals surface area contributed by atoms with Crippen molar-refractivity contribution < 1.29 is 43.3 Å². The molecule has 0 saturated heterocycles. The van der Waals surface area contributed by atoms with Crippen LogP contribution in [0.5, 0.6) is 0 Å². The van der Waals surface area contributed by atoms with Gasteiger partial charge in [0.05, 0.1) is 25.3 Å². The van der Waals surface area contributed by atoms with E-state index in [1.807, 2.05) is 18.2 Å². The summed E-state index contributed by atoms with van der Waals surface area (Å²) in [6.07, 6.45) is -0.847. The summed E-state index contributed by atoms with van der Waals surface area (Å²) in [6, 6.07) is 9.08. The minimum atomic E-state index is -1.11. The van der Waals surface area contributed by atoms with Crippen LogP contribution >= 0.6 is 0 Å². The zero-order chi connectivity index (χ0) is 27.8. The first kappa shape index (κ1) is 31.4. The van der Waals surface area contributed by atoms with Crippen LogP contribution in [-0.2, 0) is 40.0 Å². The fourth-order valence-electron chi connectivity index (χ4n) is 2.94. The lowest BCUT2D eigenvalue weighted by molar-refractivity contribution is -0.159. The van der Waals surface area contributed by atoms with E-state index in [1.54, 1.807) is 39.8 Å². The molecule has 0 aliphatic carbocycles. The number of ether oxygens (including phenoxy) is 3. The lowest BCUT2D eigenvalue weighted by atomic mass is 10.0. The zero-order valence-electron chi connectivity index (χ0n) is 22.0. The number of nitrogens with zero attached hydrogens (tertiary/aromatic N) is 1. The van der Waals surface area contributed by atoms with E-state index in [9.17, 15) is 24.0 Å². The van der Waals surface area contributed by atoms with Crippen molar-refractivity contribution >= 4 is 29.9 Å². The van der Waals surface area contributed by atoms with Crippen LogP contribution in [0.4, 0.5) is 4.79 Å². The monoisotopic (exact) mass is 522 g/mol. The summed E-state index contributed by atoms with van der Waals surface area (Å²) in [5.41, 5.74) is 0.194. The van der Waals surface area contributed by atoms with Crippen molar-refractivity contribution in [2.24, 2.45) is 5.92 Å². The van der Waals surface area contributed by atoms with Gasteiger partial charge in [-0.05, 0) is 32.8 Å². The molecule has 0 heterocycles. The first-order valence-electron chi connectivity index (χ1n) is 12.2. The number of hydrogen-bond acceptors (Lipinski definition) is 8. The quantitative estimate of drug-likeness (QED) is 0.262. The van der Waals surface area contributed by atoms with E-state index >= 15 is 0 Å². The van der Waals surface area contributed by atoms with E-state index in [2.05, 4.69) is 5.32 Å². The van der Waals surface area contributed by atoms with E-state index in [4.69, 9.17) is 19.3 Å². The van der Waals surface area contributed by atoms with Crippen molar-refractivity contribution in [1.29, 1.82) is 0 Å². The Kier molecular flexibility index (Phi) is 13.7. The molecule has 0 aromatic heterocycles. The molecule has 0 aliphatic heterocycles. The number of rotatable bonds is 15. The Morgan fingerprint density at radius 1 is 0.973 bits per heavy atom. The summed E-state index contributed by atoms with van der Waals surface area (Å²) in [4.78, 5) is 60.4. The third-order valence-electron chi connectivity index (χ3n) is 4.95. The minimum absolute atomic E-state index is 0.00200. The Morgan fingerprint density at radius 3 is 2.27 bits per heavy atom. The molecule has 1 atom stereocenters. The predicted molar refractivity (Wildman–Crippen MR) is 133 cm³/mol. The highest BCUT2D eigenvalue weighted by Gasteiger charge is 2.22. The highest BCUT2D eigenvalue weighted by atomic mass is 16.6. The summed E-state index contributed by atoms with van der Waals surface area (Å²) < 4.78 is 15.6. The molecular formula is C26H38N2O9. The Morgan fingerprint density at radius 2 is 1.65 bits per heavy atom. The van der Waals surface area contributed by atoms with E-state index in [-0.39, 0.29) is 64.0 Å². The molecule has 0 radical (unpaired) electrons. The van der Waals surface area contributed by atoms with Gasteiger partial charge in [0.25, 0.3) is 0 Å². The molecule has 37 heavy (non-hydrogen) atoms. The molecule has 11 nitrogen and oxygen atoms in total. The second kappa shape index (κ2) is 16.2. The highest BCUT2D eigenvalue weighted by Crippen LogP contribution is 2.14. The third-order valence-corrected chi connectivity index (χ3v) is 4.95. The van der Waals surface area contributed by atoms with E-state index in [1.165, 1.54) is 4.90 Å². The largest absolute Gasteiger partial charge is 0.481 e. The average molecular weight is 523 g/mol. The summed E-state index contributed by atoms with van der Waals surface area (Å²) >= 11 is 0. The molecule has 11 heteroatoms. The molecular weight excluding hydrogens is 484 g/mol. The third kappa shape index (κ3) is 15.2. The van der Waals surface area contributed by atoms with Crippen LogP contribution in [-0.4, -0.2) is 71.8 Å². The van der Waals surface area contributed by atoms with Crippen molar-refractivity contribution in [3.05, 3.63) is 35.9 Å². The summed E-state index contributed by atoms with van der Waals surface area (Å²) in [6.45, 7) is 7.12. The second-order valence-electron chi connectivity index (χ2n) is 9.46. The van der Waals surface area contributed by atoms with Crippen molar-refractivity contribution in [3.8, 4) is 0 Å². The normalized spacial score (nSPS) is 11.7. The Balaban J connectivity index is 2.53. The molecule has 206 valence electrons. The maximum Gasteiger partial charge on any atom is 0.410 e. The fourth-order valence-corrected chi connectivity index (χ4v) is 2.94. The molecule has 1 aromatic rings. The van der Waals surface area contributed by atoms with Gasteiger partial charge in [0.2, 0.25) is 5.91 Å². The Bertz CT molecular complexity index is 897. The SMILES string of the molecule is C[C@@H](CCC(=O)NCCN(CCOC(=O)CCC(=O)O)C(=O)OCc1ccccc1)C(=O)OC(C)(C)C. The second-order valence-corrected chi connectivity index (χ2v) is 9.46. The van der Waals surface area contributed by atoms with Crippen molar-refractivity contribution in [1.82, 2.24) is 10.2 Å². The average Bonchev–Trinajstić information content (AvgIpc) is 2.83. The van der Waals surface area contributed by atoms with E-state index in [0.29, 0.717) is 6.42 Å². The van der Waals surface area contributed by atoms with Gasteiger partial charge in [0.15, 0.2) is 0 Å². The van der Waals surface area contributed by atoms with Crippen LogP contribution in [0, 0.1) is 5.92 Å². The molecule has 0 unspecified atom stereocenters. The first-order valence-corrected chi connectivity index (χ1v) is 12.2. The maximum atomic E-state index is 12.6. The van der Waals surface area contributed by atoms with Gasteiger partial charge in [0.1, 0.15) is 18.8 Å². The first-order chi connectivity index (χ1) is 17.4. The van der Waals surface area contributed by atoms with E-state index in [0.717, 1.165) is 5.56 Å². The van der Waals surface area contributed by atoms with Crippen LogP contribution in [0.25, 0.3) is 0 Å². The number of nitrogens with one attached hydrogen (secondary N) is 1. The Labute approximate surface area is 217 Å². The standard InChI is InChI=1S/C26H38N2O9/c1-19(24(33)37-26(2,3)4)10-11-21(29)27-14-15-28(16-17-35-23(32)13-12-22(30)31)25(34)36-18-20-8-6-5-7-9-20/h5-9,19H,10-18H2,1-4H3,(H,27,29)(H,30,31)/t19-/m0/s1. The molecule has 2 amide bonds. The number of carbonyl (C=O) groups excluding carboxylic acids is 4. The van der Waals surface area contributed by atoms with Gasteiger partial charge in [-0.25, -0.2) is 4.79 Å². The van der Waals surface area contributed by atoms with Gasteiger partial charge in [-0.3, -0.25) is 19.2 Å². The van der Waals surface area contributed by atoms with Gasteiger partial charge in [-0.2, -0.15) is 0 Å². The van der Waals surface area contributed by atoms with Crippen LogP contribution in [0.2, 0.25) is 0 Å². The van der Waals surface area contributed by atoms with Crippen LogP contribution in [0.3, 0.4) is 0 Å². The minimum Gasteiger partial charge on any atom is -0.481 e. The highest BCUT2D eigenvalue weighted by molar-refractivity contribution is 5.78. The lowest BCUT2D eigenvalue weighted by Crippen LogP contribution is -2.41. The topological polar surface area (TPSA) is 149 Å². The molecule has 1 aromatic carbocycles. The van der Waals surface area contributed by atoms with Crippen molar-refractivity contribution in [2.75, 3.05) is 26.2 Å².